The maximum Gasteiger partial charge on any atom is 0.293 e. The minimum absolute atomic E-state index is 0.172. The number of hydrogen-bond acceptors (Lipinski definition) is 6. The van der Waals surface area contributed by atoms with Gasteiger partial charge in [0.1, 0.15) is 5.75 Å². The normalized spacial score (nSPS) is 16.9. The number of rotatable bonds is 4. The Labute approximate surface area is 110 Å². The molecule has 1 aromatic rings. The Hall–Kier alpha value is -1.71. The Balaban J connectivity index is 2.47. The van der Waals surface area contributed by atoms with Crippen molar-refractivity contribution in [3.63, 3.8) is 0 Å². The lowest BCUT2D eigenvalue weighted by Gasteiger charge is -2.35. The van der Waals surface area contributed by atoms with Gasteiger partial charge in [0.15, 0.2) is 4.90 Å². The van der Waals surface area contributed by atoms with E-state index in [1.54, 1.807) is 0 Å². The fourth-order valence-electron chi connectivity index (χ4n) is 1.79. The lowest BCUT2D eigenvalue weighted by Crippen LogP contribution is -2.57. The number of nitrogens with zero attached hydrogens (tertiary/aromatic N) is 2. The van der Waals surface area contributed by atoms with Crippen LogP contribution in [0.2, 0.25) is 0 Å². The van der Waals surface area contributed by atoms with Crippen LogP contribution in [0.25, 0.3) is 0 Å². The molecule has 1 aliphatic heterocycles. The van der Waals surface area contributed by atoms with E-state index in [1.165, 1.54) is 19.2 Å². The molecule has 0 amide bonds. The van der Waals surface area contributed by atoms with Crippen LogP contribution < -0.4 is 10.5 Å². The highest BCUT2D eigenvalue weighted by Gasteiger charge is 2.38. The maximum absolute atomic E-state index is 12.2. The Morgan fingerprint density at radius 1 is 1.47 bits per heavy atom. The van der Waals surface area contributed by atoms with Gasteiger partial charge in [-0.1, -0.05) is 0 Å². The fourth-order valence-corrected chi connectivity index (χ4v) is 3.48. The van der Waals surface area contributed by atoms with Crippen LogP contribution in [0.15, 0.2) is 23.1 Å². The summed E-state index contributed by atoms with van der Waals surface area (Å²) in [5, 5.41) is 11.0. The van der Waals surface area contributed by atoms with E-state index in [9.17, 15) is 18.5 Å². The van der Waals surface area contributed by atoms with E-state index in [0.29, 0.717) is 0 Å². The molecule has 1 aromatic carbocycles. The average Bonchev–Trinajstić information content (AvgIpc) is 2.34. The number of nitro benzene ring substituents is 1. The van der Waals surface area contributed by atoms with Crippen molar-refractivity contribution in [1.82, 2.24) is 4.31 Å². The lowest BCUT2D eigenvalue weighted by atomic mass is 10.2. The molecule has 0 bridgehead atoms. The Morgan fingerprint density at radius 2 is 2.11 bits per heavy atom. The second kappa shape index (κ2) is 4.76. The predicted molar refractivity (Wildman–Crippen MR) is 66.4 cm³/mol. The molecule has 19 heavy (non-hydrogen) atoms. The molecule has 1 fully saturated rings. The summed E-state index contributed by atoms with van der Waals surface area (Å²) < 4.78 is 30.4. The minimum Gasteiger partial charge on any atom is -0.497 e. The highest BCUT2D eigenvalue weighted by molar-refractivity contribution is 7.89. The average molecular weight is 287 g/mol. The highest BCUT2D eigenvalue weighted by Crippen LogP contribution is 2.31. The van der Waals surface area contributed by atoms with Crippen LogP contribution in [0.3, 0.4) is 0 Å². The maximum atomic E-state index is 12.2. The number of nitrogens with two attached hydrogens (primary N) is 1. The molecular weight excluding hydrogens is 274 g/mol. The van der Waals surface area contributed by atoms with Gasteiger partial charge >= 0.3 is 0 Å². The van der Waals surface area contributed by atoms with Crippen molar-refractivity contribution in [3.8, 4) is 5.75 Å². The van der Waals surface area contributed by atoms with E-state index in [1.807, 2.05) is 0 Å². The van der Waals surface area contributed by atoms with Gasteiger partial charge in [0.25, 0.3) is 5.69 Å². The van der Waals surface area contributed by atoms with E-state index in [-0.39, 0.29) is 29.8 Å². The van der Waals surface area contributed by atoms with Gasteiger partial charge in [-0.3, -0.25) is 10.1 Å². The smallest absolute Gasteiger partial charge is 0.293 e. The van der Waals surface area contributed by atoms with Gasteiger partial charge in [-0.2, -0.15) is 4.31 Å². The van der Waals surface area contributed by atoms with Crippen LogP contribution in [0.5, 0.6) is 5.75 Å². The number of sulfonamides is 1. The largest absolute Gasteiger partial charge is 0.497 e. The molecule has 0 aromatic heterocycles. The first-order valence-corrected chi connectivity index (χ1v) is 6.88. The van der Waals surface area contributed by atoms with Crippen LogP contribution in [-0.2, 0) is 10.0 Å². The van der Waals surface area contributed by atoms with E-state index in [0.717, 1.165) is 10.4 Å². The summed E-state index contributed by atoms with van der Waals surface area (Å²) in [4.78, 5) is 9.89. The summed E-state index contributed by atoms with van der Waals surface area (Å²) in [5.74, 6) is 0.228. The van der Waals surface area contributed by atoms with Crippen molar-refractivity contribution < 1.29 is 18.1 Å². The molecule has 2 N–H and O–H groups in total. The van der Waals surface area contributed by atoms with E-state index in [2.05, 4.69) is 0 Å². The molecule has 9 heteroatoms. The monoisotopic (exact) mass is 287 g/mol. The van der Waals surface area contributed by atoms with Gasteiger partial charge in [0.05, 0.1) is 18.1 Å². The van der Waals surface area contributed by atoms with Crippen LogP contribution >= 0.6 is 0 Å². The first-order chi connectivity index (χ1) is 8.86. The lowest BCUT2D eigenvalue weighted by molar-refractivity contribution is -0.387. The van der Waals surface area contributed by atoms with E-state index >= 15 is 0 Å². The third-order valence-corrected chi connectivity index (χ3v) is 4.74. The molecule has 0 unspecified atom stereocenters. The van der Waals surface area contributed by atoms with Crippen LogP contribution in [0.1, 0.15) is 0 Å². The quantitative estimate of drug-likeness (QED) is 0.612. The molecule has 0 radical (unpaired) electrons. The SMILES string of the molecule is COc1ccc(S(=O)(=O)N2CC(N)C2)c([N+](=O)[O-])c1. The Bertz CT molecular complexity index is 610. The zero-order valence-corrected chi connectivity index (χ0v) is 11.0. The van der Waals surface area contributed by atoms with Crippen LogP contribution in [0.4, 0.5) is 5.69 Å². The van der Waals surface area contributed by atoms with Crippen LogP contribution in [-0.4, -0.2) is 43.9 Å². The zero-order valence-electron chi connectivity index (χ0n) is 10.1. The van der Waals surface area contributed by atoms with Gasteiger partial charge < -0.3 is 10.5 Å². The predicted octanol–water partition coefficient (Wildman–Crippen LogP) is -0.0650. The van der Waals surface area contributed by atoms with E-state index < -0.39 is 20.6 Å². The van der Waals surface area contributed by atoms with Crippen LogP contribution in [0, 0.1) is 10.1 Å². The second-order valence-electron chi connectivity index (χ2n) is 4.17. The summed E-state index contributed by atoms with van der Waals surface area (Å²) >= 11 is 0. The van der Waals surface area contributed by atoms with Crippen molar-refractivity contribution in [2.45, 2.75) is 10.9 Å². The molecule has 8 nitrogen and oxygen atoms in total. The summed E-state index contributed by atoms with van der Waals surface area (Å²) in [5.41, 5.74) is 5.03. The molecule has 0 spiro atoms. The third-order valence-electron chi connectivity index (χ3n) is 2.86. The number of hydrogen-bond donors (Lipinski definition) is 1. The van der Waals surface area contributed by atoms with Crippen molar-refractivity contribution >= 4 is 15.7 Å². The van der Waals surface area contributed by atoms with Gasteiger partial charge in [-0.25, -0.2) is 8.42 Å². The molecule has 1 aliphatic rings. The molecule has 0 aliphatic carbocycles. The number of ether oxygens (including phenoxy) is 1. The second-order valence-corrected chi connectivity index (χ2v) is 6.08. The van der Waals surface area contributed by atoms with Gasteiger partial charge in [0.2, 0.25) is 10.0 Å². The van der Waals surface area contributed by atoms with Gasteiger partial charge in [-0.15, -0.1) is 0 Å². The van der Waals surface area contributed by atoms with E-state index in [4.69, 9.17) is 10.5 Å². The standard InChI is InChI=1S/C10H13N3O5S/c1-18-8-2-3-10(9(4-8)13(14)15)19(16,17)12-5-7(11)6-12/h2-4,7H,5-6,11H2,1H3. The fraction of sp³-hybridized carbons (Fsp3) is 0.400. The zero-order chi connectivity index (χ0) is 14.2. The molecule has 2 rings (SSSR count). The summed E-state index contributed by atoms with van der Waals surface area (Å²) in [7, 11) is -2.53. The number of methoxy groups -OCH3 is 1. The topological polar surface area (TPSA) is 116 Å². The Morgan fingerprint density at radius 3 is 2.58 bits per heavy atom. The molecule has 0 saturated carbocycles. The van der Waals surface area contributed by atoms with Crippen molar-refractivity contribution in [3.05, 3.63) is 28.3 Å². The molecule has 0 atom stereocenters. The summed E-state index contributed by atoms with van der Waals surface area (Å²) in [6.07, 6.45) is 0. The first-order valence-electron chi connectivity index (χ1n) is 5.44. The molecule has 1 heterocycles. The molecular formula is C10H13N3O5S. The van der Waals surface area contributed by atoms with Crippen molar-refractivity contribution in [2.24, 2.45) is 5.73 Å². The highest BCUT2D eigenvalue weighted by atomic mass is 32.2. The van der Waals surface area contributed by atoms with Gasteiger partial charge in [0, 0.05) is 19.1 Å². The number of benzene rings is 1. The number of nitro groups is 1. The third kappa shape index (κ3) is 2.39. The molecule has 1 saturated heterocycles. The minimum atomic E-state index is -3.88. The van der Waals surface area contributed by atoms with Gasteiger partial charge in [-0.05, 0) is 12.1 Å². The Kier molecular flexibility index (Phi) is 3.43. The van der Waals surface area contributed by atoms with Crippen molar-refractivity contribution in [1.29, 1.82) is 0 Å². The summed E-state index contributed by atoms with van der Waals surface area (Å²) in [6.45, 7) is 0.344. The first kappa shape index (κ1) is 13.7. The molecule has 104 valence electrons. The van der Waals surface area contributed by atoms with Crippen molar-refractivity contribution in [2.75, 3.05) is 20.2 Å². The summed E-state index contributed by atoms with van der Waals surface area (Å²) in [6, 6.07) is 3.43.